The average Bonchev–Trinajstić information content (AvgIpc) is 3.35. The quantitative estimate of drug-likeness (QED) is 0.590. The Morgan fingerprint density at radius 1 is 1.10 bits per heavy atom. The molecule has 1 aliphatic rings. The van der Waals surface area contributed by atoms with Crippen LogP contribution in [-0.2, 0) is 16.3 Å². The Balaban J connectivity index is 1.58. The molecule has 2 aromatic carbocycles. The lowest BCUT2D eigenvalue weighted by atomic mass is 10.2. The highest BCUT2D eigenvalue weighted by Gasteiger charge is 2.24. The van der Waals surface area contributed by atoms with Crippen LogP contribution in [0.1, 0.15) is 22.4 Å². The predicted octanol–water partition coefficient (Wildman–Crippen LogP) is 4.60. The van der Waals surface area contributed by atoms with E-state index in [0.29, 0.717) is 11.5 Å². The summed E-state index contributed by atoms with van der Waals surface area (Å²) >= 11 is 1.80. The minimum Gasteiger partial charge on any atom is -0.493 e. The summed E-state index contributed by atoms with van der Waals surface area (Å²) in [6, 6.07) is 13.6. The number of rotatable bonds is 6. The molecule has 0 spiro atoms. The fourth-order valence-electron chi connectivity index (χ4n) is 3.30. The lowest BCUT2D eigenvalue weighted by Gasteiger charge is -2.10. The zero-order valence-corrected chi connectivity index (χ0v) is 18.0. The lowest BCUT2D eigenvalue weighted by Crippen LogP contribution is -2.13. The average molecular weight is 422 g/mol. The first-order valence-electron chi connectivity index (χ1n) is 9.55. The molecule has 4 rings (SSSR count). The second kappa shape index (κ2) is 8.67. The molecule has 0 radical (unpaired) electrons. The molecule has 7 heteroatoms. The number of hydrogen-bond donors (Lipinski definition) is 1. The normalized spacial score (nSPS) is 12.8. The second-order valence-electron chi connectivity index (χ2n) is 6.95. The van der Waals surface area contributed by atoms with Gasteiger partial charge in [-0.05, 0) is 42.8 Å². The summed E-state index contributed by atoms with van der Waals surface area (Å²) in [4.78, 5) is 12.7. The van der Waals surface area contributed by atoms with Gasteiger partial charge in [-0.25, -0.2) is 4.68 Å². The summed E-state index contributed by atoms with van der Waals surface area (Å²) < 4.78 is 12.4. The SMILES string of the molecule is COc1ccc(/C=C\C(=O)Nc2c3c(nn2-c2ccc(C)cc2)CSC3)cc1OC. The number of nitrogens with zero attached hydrogens (tertiary/aromatic N) is 2. The molecule has 1 amide bonds. The molecule has 1 N–H and O–H groups in total. The van der Waals surface area contributed by atoms with Crippen molar-refractivity contribution in [2.75, 3.05) is 19.5 Å². The van der Waals surface area contributed by atoms with Gasteiger partial charge in [0.05, 0.1) is 25.6 Å². The molecular formula is C23H23N3O3S. The van der Waals surface area contributed by atoms with Crippen LogP contribution in [0.2, 0.25) is 0 Å². The van der Waals surface area contributed by atoms with Gasteiger partial charge in [0.2, 0.25) is 5.91 Å². The largest absolute Gasteiger partial charge is 0.493 e. The van der Waals surface area contributed by atoms with Crippen LogP contribution in [0, 0.1) is 6.92 Å². The molecule has 6 nitrogen and oxygen atoms in total. The Bertz CT molecular complexity index is 1100. The van der Waals surface area contributed by atoms with Gasteiger partial charge in [0, 0.05) is 23.1 Å². The van der Waals surface area contributed by atoms with Crippen molar-refractivity contribution in [3.05, 3.63) is 70.9 Å². The summed E-state index contributed by atoms with van der Waals surface area (Å²) in [5.41, 5.74) is 5.07. The van der Waals surface area contributed by atoms with Crippen LogP contribution in [0.5, 0.6) is 11.5 Å². The lowest BCUT2D eigenvalue weighted by molar-refractivity contribution is -0.111. The zero-order valence-electron chi connectivity index (χ0n) is 17.1. The van der Waals surface area contributed by atoms with Crippen LogP contribution in [0.25, 0.3) is 11.8 Å². The number of anilines is 1. The van der Waals surface area contributed by atoms with Crippen LogP contribution in [0.4, 0.5) is 5.82 Å². The maximum atomic E-state index is 12.7. The number of amides is 1. The minimum absolute atomic E-state index is 0.210. The highest BCUT2D eigenvalue weighted by atomic mass is 32.2. The van der Waals surface area contributed by atoms with Gasteiger partial charge in [-0.3, -0.25) is 4.79 Å². The van der Waals surface area contributed by atoms with E-state index in [-0.39, 0.29) is 5.91 Å². The molecule has 2 heterocycles. The Morgan fingerprint density at radius 3 is 2.60 bits per heavy atom. The summed E-state index contributed by atoms with van der Waals surface area (Å²) in [5, 5.41) is 7.76. The van der Waals surface area contributed by atoms with Crippen LogP contribution in [0.3, 0.4) is 0 Å². The molecule has 0 unspecified atom stereocenters. The van der Waals surface area contributed by atoms with E-state index in [1.165, 1.54) is 11.6 Å². The molecule has 3 aromatic rings. The Labute approximate surface area is 179 Å². The van der Waals surface area contributed by atoms with E-state index in [4.69, 9.17) is 14.6 Å². The molecule has 30 heavy (non-hydrogen) atoms. The van der Waals surface area contributed by atoms with Gasteiger partial charge in [-0.1, -0.05) is 23.8 Å². The topological polar surface area (TPSA) is 65.4 Å². The van der Waals surface area contributed by atoms with E-state index in [1.807, 2.05) is 54.1 Å². The van der Waals surface area contributed by atoms with E-state index >= 15 is 0 Å². The van der Waals surface area contributed by atoms with Crippen molar-refractivity contribution in [2.45, 2.75) is 18.4 Å². The number of aromatic nitrogens is 2. The van der Waals surface area contributed by atoms with Crippen molar-refractivity contribution in [3.8, 4) is 17.2 Å². The summed E-state index contributed by atoms with van der Waals surface area (Å²) in [6.45, 7) is 2.05. The number of fused-ring (bicyclic) bond motifs is 1. The number of carbonyl (C=O) groups excluding carboxylic acids is 1. The van der Waals surface area contributed by atoms with Crippen molar-refractivity contribution in [3.63, 3.8) is 0 Å². The van der Waals surface area contributed by atoms with E-state index in [0.717, 1.165) is 39.8 Å². The second-order valence-corrected chi connectivity index (χ2v) is 7.94. The number of hydrogen-bond acceptors (Lipinski definition) is 5. The molecular weight excluding hydrogens is 398 g/mol. The maximum absolute atomic E-state index is 12.7. The fraction of sp³-hybridized carbons (Fsp3) is 0.217. The number of ether oxygens (including phenoxy) is 2. The monoisotopic (exact) mass is 421 g/mol. The van der Waals surface area contributed by atoms with Crippen LogP contribution < -0.4 is 14.8 Å². The third kappa shape index (κ3) is 4.07. The molecule has 0 aliphatic carbocycles. The van der Waals surface area contributed by atoms with E-state index in [9.17, 15) is 4.79 Å². The highest BCUT2D eigenvalue weighted by molar-refractivity contribution is 7.98. The van der Waals surface area contributed by atoms with Crippen molar-refractivity contribution in [2.24, 2.45) is 0 Å². The van der Waals surface area contributed by atoms with Crippen LogP contribution >= 0.6 is 11.8 Å². The molecule has 0 atom stereocenters. The molecule has 0 saturated heterocycles. The first-order chi connectivity index (χ1) is 14.6. The minimum atomic E-state index is -0.210. The highest BCUT2D eigenvalue weighted by Crippen LogP contribution is 2.36. The zero-order chi connectivity index (χ0) is 21.1. The van der Waals surface area contributed by atoms with Crippen LogP contribution in [-0.4, -0.2) is 29.9 Å². The van der Waals surface area contributed by atoms with E-state index < -0.39 is 0 Å². The van der Waals surface area contributed by atoms with Crippen molar-refractivity contribution < 1.29 is 14.3 Å². The molecule has 0 bridgehead atoms. The summed E-state index contributed by atoms with van der Waals surface area (Å²) in [5.74, 6) is 3.49. The van der Waals surface area contributed by atoms with Gasteiger partial charge in [0.25, 0.3) is 0 Å². The number of benzene rings is 2. The van der Waals surface area contributed by atoms with E-state index in [2.05, 4.69) is 5.32 Å². The molecule has 1 aliphatic heterocycles. The number of nitrogens with one attached hydrogen (secondary N) is 1. The smallest absolute Gasteiger partial charge is 0.249 e. The van der Waals surface area contributed by atoms with Gasteiger partial charge in [0.15, 0.2) is 11.5 Å². The number of methoxy groups -OCH3 is 2. The van der Waals surface area contributed by atoms with Gasteiger partial charge >= 0.3 is 0 Å². The Hall–Kier alpha value is -3.19. The summed E-state index contributed by atoms with van der Waals surface area (Å²) in [7, 11) is 3.18. The molecule has 0 fully saturated rings. The van der Waals surface area contributed by atoms with Gasteiger partial charge in [-0.2, -0.15) is 16.9 Å². The molecule has 154 valence electrons. The Kier molecular flexibility index (Phi) is 5.81. The number of aryl methyl sites for hydroxylation is 1. The standard InChI is InChI=1S/C23H23N3O3S/c1-15-4-8-17(9-5-15)26-23(18-13-30-14-19(18)25-26)24-22(27)11-7-16-6-10-20(28-2)21(12-16)29-3/h4-12H,13-14H2,1-3H3,(H,24,27)/b11-7-. The first kappa shape index (κ1) is 20.1. The Morgan fingerprint density at radius 2 is 1.87 bits per heavy atom. The van der Waals surface area contributed by atoms with Crippen molar-refractivity contribution >= 4 is 29.6 Å². The number of carbonyl (C=O) groups is 1. The van der Waals surface area contributed by atoms with Gasteiger partial charge in [-0.15, -0.1) is 0 Å². The van der Waals surface area contributed by atoms with Crippen LogP contribution in [0.15, 0.2) is 48.5 Å². The maximum Gasteiger partial charge on any atom is 0.249 e. The van der Waals surface area contributed by atoms with E-state index in [1.54, 1.807) is 32.1 Å². The summed E-state index contributed by atoms with van der Waals surface area (Å²) in [6.07, 6.45) is 3.26. The van der Waals surface area contributed by atoms with Crippen molar-refractivity contribution in [1.29, 1.82) is 0 Å². The molecule has 1 aromatic heterocycles. The fourth-order valence-corrected chi connectivity index (χ4v) is 4.34. The predicted molar refractivity (Wildman–Crippen MR) is 121 cm³/mol. The first-order valence-corrected chi connectivity index (χ1v) is 10.7. The molecule has 0 saturated carbocycles. The number of thioether (sulfide) groups is 1. The third-order valence-corrected chi connectivity index (χ3v) is 5.88. The van der Waals surface area contributed by atoms with Gasteiger partial charge in [0.1, 0.15) is 5.82 Å². The van der Waals surface area contributed by atoms with Gasteiger partial charge < -0.3 is 14.8 Å². The third-order valence-electron chi connectivity index (χ3n) is 4.91. The van der Waals surface area contributed by atoms with Crippen molar-refractivity contribution in [1.82, 2.24) is 9.78 Å².